The standard InChI is InChI=1S/C30H31F2N5O4/c1-4-24(38)37-12-19(40-3)11-18(37)13-41-28-27(35-14-36-29(28)33)23-10-17(31)9-22(15(23)2)25-20(16-5-6-16)7-8-21(26(25)32)30(34)39/h4,7-10,14,16,18-19H,1,5-6,11-13H2,2-3H3,(H2,34,39)(H2,33,35,36)/t18-,19-/m0/s1. The van der Waals surface area contributed by atoms with Gasteiger partial charge in [0.15, 0.2) is 11.6 Å². The normalized spacial score (nSPS) is 18.4. The lowest BCUT2D eigenvalue weighted by atomic mass is 9.88. The lowest BCUT2D eigenvalue weighted by Crippen LogP contribution is -2.38. The minimum atomic E-state index is -0.911. The summed E-state index contributed by atoms with van der Waals surface area (Å²) >= 11 is 0. The van der Waals surface area contributed by atoms with E-state index in [1.807, 2.05) is 0 Å². The number of amides is 2. The predicted octanol–water partition coefficient (Wildman–Crippen LogP) is 4.14. The largest absolute Gasteiger partial charge is 0.485 e. The number of ether oxygens (including phenoxy) is 2. The second-order valence-electron chi connectivity index (χ2n) is 10.3. The van der Waals surface area contributed by atoms with E-state index in [9.17, 15) is 9.59 Å². The van der Waals surface area contributed by atoms with Crippen molar-refractivity contribution in [3.8, 4) is 28.1 Å². The van der Waals surface area contributed by atoms with Gasteiger partial charge in [-0.1, -0.05) is 12.6 Å². The highest BCUT2D eigenvalue weighted by Gasteiger charge is 2.36. The number of primary amides is 1. The molecule has 214 valence electrons. The molecule has 2 amide bonds. The molecule has 2 heterocycles. The van der Waals surface area contributed by atoms with Crippen molar-refractivity contribution in [2.75, 3.05) is 26.0 Å². The molecule has 1 saturated carbocycles. The zero-order chi connectivity index (χ0) is 29.4. The molecule has 1 aliphatic heterocycles. The summed E-state index contributed by atoms with van der Waals surface area (Å²) in [5, 5.41) is 0. The van der Waals surface area contributed by atoms with E-state index in [0.717, 1.165) is 12.8 Å². The molecule has 5 rings (SSSR count). The van der Waals surface area contributed by atoms with Crippen LogP contribution in [-0.4, -0.2) is 59.1 Å². The van der Waals surface area contributed by atoms with Crippen LogP contribution in [0, 0.1) is 18.6 Å². The maximum absolute atomic E-state index is 15.8. The number of aromatic nitrogens is 2. The van der Waals surface area contributed by atoms with Crippen LogP contribution in [0.4, 0.5) is 14.6 Å². The molecular weight excluding hydrogens is 532 g/mol. The number of hydrogen-bond donors (Lipinski definition) is 2. The first-order valence-corrected chi connectivity index (χ1v) is 13.3. The molecule has 1 saturated heterocycles. The number of methoxy groups -OCH3 is 1. The fraction of sp³-hybridized carbons (Fsp3) is 0.333. The van der Waals surface area contributed by atoms with Crippen molar-refractivity contribution >= 4 is 17.6 Å². The smallest absolute Gasteiger partial charge is 0.251 e. The van der Waals surface area contributed by atoms with E-state index in [-0.39, 0.29) is 64.5 Å². The minimum absolute atomic E-state index is 0.0173. The molecule has 1 aliphatic carbocycles. The maximum atomic E-state index is 15.8. The SMILES string of the molecule is C=CC(=O)N1C[C@@H](OC)C[C@H]1COc1c(N)ncnc1-c1cc(F)cc(-c2c(C3CC3)ccc(C(N)=O)c2F)c1C. The first-order valence-electron chi connectivity index (χ1n) is 13.3. The van der Waals surface area contributed by atoms with Crippen LogP contribution in [-0.2, 0) is 9.53 Å². The predicted molar refractivity (Wildman–Crippen MR) is 149 cm³/mol. The van der Waals surface area contributed by atoms with Crippen molar-refractivity contribution in [3.05, 3.63) is 71.6 Å². The molecule has 9 nitrogen and oxygen atoms in total. The first-order chi connectivity index (χ1) is 19.6. The minimum Gasteiger partial charge on any atom is -0.485 e. The summed E-state index contributed by atoms with van der Waals surface area (Å²) in [5.74, 6) is -2.38. The molecule has 2 fully saturated rings. The van der Waals surface area contributed by atoms with Crippen LogP contribution in [0.3, 0.4) is 0 Å². The molecule has 41 heavy (non-hydrogen) atoms. The third-order valence-electron chi connectivity index (χ3n) is 7.77. The number of nitrogen functional groups attached to an aromatic ring is 1. The Morgan fingerprint density at radius 2 is 1.93 bits per heavy atom. The summed E-state index contributed by atoms with van der Waals surface area (Å²) in [7, 11) is 1.58. The van der Waals surface area contributed by atoms with Crippen molar-refractivity contribution in [1.82, 2.24) is 14.9 Å². The van der Waals surface area contributed by atoms with Gasteiger partial charge in [-0.15, -0.1) is 0 Å². The van der Waals surface area contributed by atoms with Crippen LogP contribution in [0.25, 0.3) is 22.4 Å². The molecular formula is C30H31F2N5O4. The highest BCUT2D eigenvalue weighted by atomic mass is 19.1. The van der Waals surface area contributed by atoms with Crippen LogP contribution in [0.5, 0.6) is 5.75 Å². The number of anilines is 1. The lowest BCUT2D eigenvalue weighted by molar-refractivity contribution is -0.127. The van der Waals surface area contributed by atoms with Crippen LogP contribution in [0.1, 0.15) is 46.7 Å². The van der Waals surface area contributed by atoms with Crippen molar-refractivity contribution in [1.29, 1.82) is 0 Å². The second-order valence-corrected chi connectivity index (χ2v) is 10.3. The Balaban J connectivity index is 1.57. The van der Waals surface area contributed by atoms with Crippen molar-refractivity contribution in [2.45, 2.75) is 44.2 Å². The van der Waals surface area contributed by atoms with E-state index in [0.29, 0.717) is 29.7 Å². The Kier molecular flexibility index (Phi) is 7.72. The number of nitrogens with two attached hydrogens (primary N) is 2. The van der Waals surface area contributed by atoms with Crippen molar-refractivity contribution in [2.24, 2.45) is 5.73 Å². The van der Waals surface area contributed by atoms with Crippen LogP contribution < -0.4 is 16.2 Å². The molecule has 2 aromatic carbocycles. The number of likely N-dealkylation sites (tertiary alicyclic amines) is 1. The second kappa shape index (κ2) is 11.2. The van der Waals surface area contributed by atoms with E-state index in [1.54, 1.807) is 25.0 Å². The zero-order valence-corrected chi connectivity index (χ0v) is 22.8. The molecule has 0 radical (unpaired) electrons. The number of carbonyl (C=O) groups excluding carboxylic acids is 2. The average molecular weight is 564 g/mol. The van der Waals surface area contributed by atoms with Gasteiger partial charge in [0.05, 0.1) is 17.7 Å². The van der Waals surface area contributed by atoms with Gasteiger partial charge in [-0.25, -0.2) is 18.7 Å². The number of halogens is 2. The highest BCUT2D eigenvalue weighted by molar-refractivity contribution is 5.95. The number of carbonyl (C=O) groups is 2. The van der Waals surface area contributed by atoms with E-state index in [1.165, 1.54) is 30.6 Å². The van der Waals surface area contributed by atoms with E-state index in [2.05, 4.69) is 16.5 Å². The molecule has 2 atom stereocenters. The molecule has 0 spiro atoms. The number of benzene rings is 2. The Morgan fingerprint density at radius 3 is 2.59 bits per heavy atom. The molecule has 2 aliphatic rings. The summed E-state index contributed by atoms with van der Waals surface area (Å²) in [4.78, 5) is 34.4. The molecule has 11 heteroatoms. The van der Waals surface area contributed by atoms with Crippen molar-refractivity contribution < 1.29 is 27.8 Å². The van der Waals surface area contributed by atoms with Gasteiger partial charge in [0.1, 0.15) is 30.3 Å². The molecule has 4 N–H and O–H groups in total. The number of rotatable bonds is 9. The third-order valence-corrected chi connectivity index (χ3v) is 7.77. The van der Waals surface area contributed by atoms with Gasteiger partial charge < -0.3 is 25.8 Å². The van der Waals surface area contributed by atoms with Crippen LogP contribution in [0.15, 0.2) is 43.2 Å². The molecule has 1 aromatic heterocycles. The molecule has 0 bridgehead atoms. The summed E-state index contributed by atoms with van der Waals surface area (Å²) in [5.41, 5.74) is 13.5. The van der Waals surface area contributed by atoms with E-state index >= 15 is 8.78 Å². The van der Waals surface area contributed by atoms with E-state index in [4.69, 9.17) is 20.9 Å². The van der Waals surface area contributed by atoms with Crippen LogP contribution >= 0.6 is 0 Å². The summed E-state index contributed by atoms with van der Waals surface area (Å²) in [6.07, 6.45) is 4.55. The summed E-state index contributed by atoms with van der Waals surface area (Å²) < 4.78 is 42.6. The van der Waals surface area contributed by atoms with Crippen LogP contribution in [0.2, 0.25) is 0 Å². The summed E-state index contributed by atoms with van der Waals surface area (Å²) in [6.45, 7) is 5.71. The third kappa shape index (κ3) is 5.37. The summed E-state index contributed by atoms with van der Waals surface area (Å²) in [6, 6.07) is 5.22. The quantitative estimate of drug-likeness (QED) is 0.374. The average Bonchev–Trinajstić information content (AvgIpc) is 3.71. The van der Waals surface area contributed by atoms with Gasteiger partial charge in [0.25, 0.3) is 5.91 Å². The topological polar surface area (TPSA) is 134 Å². The number of hydrogen-bond acceptors (Lipinski definition) is 7. The maximum Gasteiger partial charge on any atom is 0.251 e. The van der Waals surface area contributed by atoms with Gasteiger partial charge in [0.2, 0.25) is 5.91 Å². The van der Waals surface area contributed by atoms with Gasteiger partial charge in [-0.3, -0.25) is 9.59 Å². The monoisotopic (exact) mass is 563 g/mol. The Morgan fingerprint density at radius 1 is 1.20 bits per heavy atom. The number of nitrogens with zero attached hydrogens (tertiary/aromatic N) is 3. The molecule has 3 aromatic rings. The van der Waals surface area contributed by atoms with E-state index < -0.39 is 17.5 Å². The van der Waals surface area contributed by atoms with Gasteiger partial charge >= 0.3 is 0 Å². The lowest BCUT2D eigenvalue weighted by Gasteiger charge is -2.24. The Bertz CT molecular complexity index is 1540. The zero-order valence-electron chi connectivity index (χ0n) is 22.8. The first kappa shape index (κ1) is 28.2. The Hall–Kier alpha value is -4.38. The van der Waals surface area contributed by atoms with Crippen molar-refractivity contribution in [3.63, 3.8) is 0 Å². The molecule has 0 unspecified atom stereocenters. The highest BCUT2D eigenvalue weighted by Crippen LogP contribution is 2.48. The fourth-order valence-electron chi connectivity index (χ4n) is 5.46. The van der Waals surface area contributed by atoms with Gasteiger partial charge in [0, 0.05) is 24.8 Å². The van der Waals surface area contributed by atoms with Gasteiger partial charge in [-0.05, 0) is 73.1 Å². The Labute approximate surface area is 236 Å². The fourth-order valence-corrected chi connectivity index (χ4v) is 5.46. The van der Waals surface area contributed by atoms with Gasteiger partial charge in [-0.2, -0.15) is 0 Å².